The van der Waals surface area contributed by atoms with Crippen molar-refractivity contribution in [2.75, 3.05) is 11.9 Å². The summed E-state index contributed by atoms with van der Waals surface area (Å²) in [6, 6.07) is 6.00. The zero-order valence-corrected chi connectivity index (χ0v) is 11.5. The first-order valence-electron chi connectivity index (χ1n) is 6.23. The van der Waals surface area contributed by atoms with Crippen LogP contribution in [0.5, 0.6) is 0 Å². The molecule has 0 heterocycles. The maximum absolute atomic E-state index is 11.9. The number of hydrogen-bond acceptors (Lipinski definition) is 3. The van der Waals surface area contributed by atoms with Crippen molar-refractivity contribution in [1.29, 1.82) is 0 Å². The number of amides is 2. The van der Waals surface area contributed by atoms with Crippen LogP contribution in [0.2, 0.25) is 5.02 Å². The van der Waals surface area contributed by atoms with Crippen molar-refractivity contribution in [3.05, 3.63) is 29.3 Å². The molecular weight excluding hydrogens is 282 g/mol. The summed E-state index contributed by atoms with van der Waals surface area (Å²) >= 11 is 5.74. The number of carboxylic acids is 1. The Bertz CT molecular complexity index is 512. The van der Waals surface area contributed by atoms with Gasteiger partial charge < -0.3 is 21.5 Å². The van der Waals surface area contributed by atoms with Gasteiger partial charge in [0.05, 0.1) is 0 Å². The molecule has 7 heteroatoms. The average Bonchev–Trinajstić information content (AvgIpc) is 2.35. The minimum Gasteiger partial charge on any atom is -0.480 e. The zero-order valence-electron chi connectivity index (χ0n) is 10.7. The summed E-state index contributed by atoms with van der Waals surface area (Å²) in [5.41, 5.74) is 4.83. The van der Waals surface area contributed by atoms with Gasteiger partial charge in [0.2, 0.25) is 0 Å². The van der Waals surface area contributed by atoms with Gasteiger partial charge in [0.1, 0.15) is 5.54 Å². The molecule has 108 valence electrons. The van der Waals surface area contributed by atoms with E-state index in [0.29, 0.717) is 30.1 Å². The van der Waals surface area contributed by atoms with Crippen molar-refractivity contribution in [1.82, 2.24) is 5.32 Å². The molecule has 0 aromatic heterocycles. The number of aliphatic carboxylic acids is 1. The summed E-state index contributed by atoms with van der Waals surface area (Å²) in [6.45, 7) is 0.426. The lowest BCUT2D eigenvalue weighted by Crippen LogP contribution is -2.64. The third-order valence-electron chi connectivity index (χ3n) is 3.47. The Morgan fingerprint density at radius 1 is 1.35 bits per heavy atom. The average molecular weight is 298 g/mol. The molecule has 1 aromatic rings. The molecule has 1 aromatic carbocycles. The number of carbonyl (C=O) groups excluding carboxylic acids is 1. The molecule has 0 radical (unpaired) electrons. The van der Waals surface area contributed by atoms with Crippen LogP contribution in [0.4, 0.5) is 10.5 Å². The molecule has 0 aliphatic heterocycles. The first-order valence-corrected chi connectivity index (χ1v) is 6.61. The van der Waals surface area contributed by atoms with Gasteiger partial charge in [-0.15, -0.1) is 0 Å². The van der Waals surface area contributed by atoms with Gasteiger partial charge in [-0.1, -0.05) is 11.6 Å². The van der Waals surface area contributed by atoms with E-state index in [1.807, 2.05) is 0 Å². The molecule has 0 bridgehead atoms. The van der Waals surface area contributed by atoms with Crippen LogP contribution < -0.4 is 16.4 Å². The molecular formula is C13H16ClN3O3. The van der Waals surface area contributed by atoms with Crippen LogP contribution in [0.15, 0.2) is 24.3 Å². The number of urea groups is 1. The van der Waals surface area contributed by atoms with Crippen LogP contribution in [0, 0.1) is 5.92 Å². The van der Waals surface area contributed by atoms with Crippen LogP contribution in [0.3, 0.4) is 0 Å². The molecule has 2 rings (SSSR count). The molecule has 2 amide bonds. The highest BCUT2D eigenvalue weighted by atomic mass is 35.5. The van der Waals surface area contributed by atoms with Gasteiger partial charge in [-0.3, -0.25) is 0 Å². The van der Waals surface area contributed by atoms with E-state index >= 15 is 0 Å². The lowest BCUT2D eigenvalue weighted by molar-refractivity contribution is -0.150. The summed E-state index contributed by atoms with van der Waals surface area (Å²) in [5.74, 6) is -0.893. The lowest BCUT2D eigenvalue weighted by atomic mass is 9.68. The van der Waals surface area contributed by atoms with E-state index < -0.39 is 17.5 Å². The van der Waals surface area contributed by atoms with Gasteiger partial charge in [0.15, 0.2) is 0 Å². The Morgan fingerprint density at radius 2 is 1.95 bits per heavy atom. The second-order valence-corrected chi connectivity index (χ2v) is 5.42. The fourth-order valence-electron chi connectivity index (χ4n) is 2.34. The minimum atomic E-state index is -1.21. The number of anilines is 1. The van der Waals surface area contributed by atoms with Gasteiger partial charge in [0.25, 0.3) is 0 Å². The van der Waals surface area contributed by atoms with Crippen molar-refractivity contribution in [3.63, 3.8) is 0 Å². The fourth-order valence-corrected chi connectivity index (χ4v) is 2.46. The number of carboxylic acid groups (broad SMARTS) is 1. The van der Waals surface area contributed by atoms with Crippen LogP contribution in [-0.2, 0) is 4.79 Å². The highest BCUT2D eigenvalue weighted by molar-refractivity contribution is 6.30. The number of rotatable bonds is 4. The Balaban J connectivity index is 1.96. The number of carbonyl (C=O) groups is 2. The Morgan fingerprint density at radius 3 is 2.45 bits per heavy atom. The lowest BCUT2D eigenvalue weighted by Gasteiger charge is -2.44. The highest BCUT2D eigenvalue weighted by Gasteiger charge is 2.51. The van der Waals surface area contributed by atoms with Gasteiger partial charge in [0, 0.05) is 10.7 Å². The molecule has 1 aliphatic carbocycles. The molecule has 1 saturated carbocycles. The summed E-state index contributed by atoms with van der Waals surface area (Å²) in [4.78, 5) is 23.2. The maximum Gasteiger partial charge on any atom is 0.329 e. The smallest absolute Gasteiger partial charge is 0.329 e. The minimum absolute atomic E-state index is 0.141. The van der Waals surface area contributed by atoms with E-state index in [-0.39, 0.29) is 5.92 Å². The SMILES string of the molecule is NCC1CC(NC(=O)Nc2ccc(Cl)cc2)(C(=O)O)C1. The number of halogens is 1. The van der Waals surface area contributed by atoms with E-state index in [1.54, 1.807) is 24.3 Å². The normalized spacial score (nSPS) is 24.6. The molecule has 0 saturated heterocycles. The van der Waals surface area contributed by atoms with Crippen LogP contribution in [-0.4, -0.2) is 29.2 Å². The van der Waals surface area contributed by atoms with Crippen LogP contribution in [0.25, 0.3) is 0 Å². The summed E-state index contributed by atoms with van der Waals surface area (Å²) in [6.07, 6.45) is 0.708. The molecule has 1 fully saturated rings. The first kappa shape index (κ1) is 14.6. The predicted octanol–water partition coefficient (Wildman–Crippen LogP) is 1.65. The van der Waals surface area contributed by atoms with E-state index in [0.717, 1.165) is 0 Å². The van der Waals surface area contributed by atoms with E-state index in [9.17, 15) is 14.7 Å². The molecule has 20 heavy (non-hydrogen) atoms. The third kappa shape index (κ3) is 3.02. The van der Waals surface area contributed by atoms with Crippen LogP contribution in [0.1, 0.15) is 12.8 Å². The second kappa shape index (κ2) is 5.68. The molecule has 1 aliphatic rings. The van der Waals surface area contributed by atoms with Crippen molar-refractivity contribution >= 4 is 29.3 Å². The number of nitrogens with one attached hydrogen (secondary N) is 2. The van der Waals surface area contributed by atoms with Gasteiger partial charge in [-0.05, 0) is 49.6 Å². The largest absolute Gasteiger partial charge is 0.480 e. The van der Waals surface area contributed by atoms with E-state index in [1.165, 1.54) is 0 Å². The van der Waals surface area contributed by atoms with Gasteiger partial charge in [-0.25, -0.2) is 9.59 Å². The Kier molecular flexibility index (Phi) is 4.15. The standard InChI is InChI=1S/C13H16ClN3O3/c14-9-1-3-10(4-2-9)16-12(20)17-13(11(18)19)5-8(6-13)7-15/h1-4,8H,5-7,15H2,(H,18,19)(H2,16,17,20). The number of nitrogens with two attached hydrogens (primary N) is 1. The monoisotopic (exact) mass is 297 g/mol. The van der Waals surface area contributed by atoms with Crippen molar-refractivity contribution < 1.29 is 14.7 Å². The highest BCUT2D eigenvalue weighted by Crippen LogP contribution is 2.37. The fraction of sp³-hybridized carbons (Fsp3) is 0.385. The predicted molar refractivity (Wildman–Crippen MR) is 75.8 cm³/mol. The third-order valence-corrected chi connectivity index (χ3v) is 3.72. The summed E-state index contributed by atoms with van der Waals surface area (Å²) < 4.78 is 0. The maximum atomic E-state index is 11.9. The van der Waals surface area contributed by atoms with Gasteiger partial charge in [-0.2, -0.15) is 0 Å². The molecule has 0 atom stereocenters. The second-order valence-electron chi connectivity index (χ2n) is 4.98. The molecule has 6 nitrogen and oxygen atoms in total. The van der Waals surface area contributed by atoms with E-state index in [4.69, 9.17) is 17.3 Å². The Hall–Kier alpha value is -1.79. The topological polar surface area (TPSA) is 104 Å². The van der Waals surface area contributed by atoms with Crippen molar-refractivity contribution in [2.45, 2.75) is 18.4 Å². The molecule has 0 unspecified atom stereocenters. The quantitative estimate of drug-likeness (QED) is 0.678. The number of benzene rings is 1. The molecule has 0 spiro atoms. The Labute approximate surface area is 121 Å². The number of hydrogen-bond donors (Lipinski definition) is 4. The van der Waals surface area contributed by atoms with Crippen molar-refractivity contribution in [2.24, 2.45) is 11.7 Å². The van der Waals surface area contributed by atoms with Crippen molar-refractivity contribution in [3.8, 4) is 0 Å². The first-order chi connectivity index (χ1) is 9.45. The summed E-state index contributed by atoms with van der Waals surface area (Å²) in [5, 5.41) is 14.9. The van der Waals surface area contributed by atoms with Gasteiger partial charge >= 0.3 is 12.0 Å². The van der Waals surface area contributed by atoms with Crippen LogP contribution >= 0.6 is 11.6 Å². The summed E-state index contributed by atoms with van der Waals surface area (Å²) in [7, 11) is 0. The molecule has 5 N–H and O–H groups in total. The zero-order chi connectivity index (χ0) is 14.8. The van der Waals surface area contributed by atoms with E-state index in [2.05, 4.69) is 10.6 Å².